The Balaban J connectivity index is 2.41. The number of nitriles is 1. The fourth-order valence-corrected chi connectivity index (χ4v) is 1.34. The number of nitrogens with two attached hydrogens (primary N) is 1. The molecule has 2 rings (SSSR count). The van der Waals surface area contributed by atoms with Gasteiger partial charge < -0.3 is 5.73 Å². The Bertz CT molecular complexity index is 796. The summed E-state index contributed by atoms with van der Waals surface area (Å²) in [6, 6.07) is 8.31. The second-order valence-corrected chi connectivity index (χ2v) is 3.53. The number of benzene rings is 1. The first-order valence-corrected chi connectivity index (χ1v) is 5.14. The number of nitrogens with one attached hydrogen (secondary N) is 2. The van der Waals surface area contributed by atoms with E-state index in [4.69, 9.17) is 11.0 Å². The van der Waals surface area contributed by atoms with Crippen molar-refractivity contribution in [3.63, 3.8) is 0 Å². The van der Waals surface area contributed by atoms with Gasteiger partial charge in [-0.2, -0.15) is 10.4 Å². The molecule has 0 aliphatic rings. The van der Waals surface area contributed by atoms with E-state index in [0.717, 1.165) is 0 Å². The molecular weight excluding hydrogens is 248 g/mol. The van der Waals surface area contributed by atoms with Gasteiger partial charge in [-0.05, 0) is 18.2 Å². The summed E-state index contributed by atoms with van der Waals surface area (Å²) in [6.45, 7) is 0. The SMILES string of the molecule is N#Cc1cccc(N=Nc2c(N)[nH]c(=O)[nH]c2=O)c1. The molecule has 2 aromatic rings. The molecule has 19 heavy (non-hydrogen) atoms. The average Bonchev–Trinajstić information content (AvgIpc) is 2.37. The van der Waals surface area contributed by atoms with E-state index in [1.165, 1.54) is 6.07 Å². The highest BCUT2D eigenvalue weighted by Gasteiger charge is 2.05. The summed E-state index contributed by atoms with van der Waals surface area (Å²) in [4.78, 5) is 26.5. The lowest BCUT2D eigenvalue weighted by Gasteiger charge is -1.96. The summed E-state index contributed by atoms with van der Waals surface area (Å²) >= 11 is 0. The third kappa shape index (κ3) is 2.73. The molecule has 0 unspecified atom stereocenters. The maximum atomic E-state index is 11.4. The summed E-state index contributed by atoms with van der Waals surface area (Å²) in [5.41, 5.74) is 4.63. The summed E-state index contributed by atoms with van der Waals surface area (Å²) in [5.74, 6) is -0.172. The topological polar surface area (TPSA) is 140 Å². The Morgan fingerprint density at radius 1 is 1.21 bits per heavy atom. The number of azo groups is 1. The van der Waals surface area contributed by atoms with Crippen molar-refractivity contribution in [2.75, 3.05) is 5.73 Å². The van der Waals surface area contributed by atoms with E-state index in [9.17, 15) is 9.59 Å². The van der Waals surface area contributed by atoms with Crippen LogP contribution in [0, 0.1) is 11.3 Å². The van der Waals surface area contributed by atoms with Crippen molar-refractivity contribution >= 4 is 17.2 Å². The molecule has 8 heteroatoms. The Hall–Kier alpha value is -3.21. The zero-order chi connectivity index (χ0) is 13.8. The number of nitrogens with zero attached hydrogens (tertiary/aromatic N) is 3. The molecule has 0 radical (unpaired) electrons. The molecule has 0 aliphatic carbocycles. The largest absolute Gasteiger partial charge is 0.383 e. The number of anilines is 1. The molecule has 0 atom stereocenters. The van der Waals surface area contributed by atoms with Crippen LogP contribution in [0.2, 0.25) is 0 Å². The molecule has 0 fully saturated rings. The summed E-state index contributed by atoms with van der Waals surface area (Å²) in [5, 5.41) is 16.2. The summed E-state index contributed by atoms with van der Waals surface area (Å²) in [7, 11) is 0. The number of aromatic amines is 2. The Labute approximate surface area is 106 Å². The predicted octanol–water partition coefficient (Wildman–Crippen LogP) is 0.932. The van der Waals surface area contributed by atoms with Crippen LogP contribution in [0.15, 0.2) is 44.1 Å². The zero-order valence-corrected chi connectivity index (χ0v) is 9.54. The van der Waals surface area contributed by atoms with Gasteiger partial charge in [-0.1, -0.05) is 6.07 Å². The van der Waals surface area contributed by atoms with Gasteiger partial charge in [-0.25, -0.2) is 4.79 Å². The van der Waals surface area contributed by atoms with Crippen LogP contribution in [0.4, 0.5) is 17.2 Å². The number of nitrogen functional groups attached to an aromatic ring is 1. The molecule has 1 heterocycles. The van der Waals surface area contributed by atoms with Gasteiger partial charge in [0, 0.05) is 0 Å². The molecule has 0 saturated carbocycles. The second-order valence-electron chi connectivity index (χ2n) is 3.53. The van der Waals surface area contributed by atoms with E-state index < -0.39 is 11.2 Å². The van der Waals surface area contributed by atoms with E-state index in [0.29, 0.717) is 11.3 Å². The van der Waals surface area contributed by atoms with Gasteiger partial charge in [0.15, 0.2) is 5.69 Å². The molecule has 94 valence electrons. The number of hydrogen-bond donors (Lipinski definition) is 3. The molecular formula is C11H8N6O2. The number of rotatable bonds is 2. The molecule has 1 aromatic carbocycles. The Morgan fingerprint density at radius 3 is 2.68 bits per heavy atom. The average molecular weight is 256 g/mol. The minimum Gasteiger partial charge on any atom is -0.383 e. The van der Waals surface area contributed by atoms with Crippen molar-refractivity contribution in [1.29, 1.82) is 5.26 Å². The summed E-state index contributed by atoms with van der Waals surface area (Å²) in [6.07, 6.45) is 0. The van der Waals surface area contributed by atoms with E-state index in [2.05, 4.69) is 15.2 Å². The standard InChI is InChI=1S/C11H8N6O2/c12-5-6-2-1-3-7(4-6)16-17-8-9(13)14-11(19)15-10(8)18/h1-4H,(H4,13,14,15,18,19). The monoisotopic (exact) mass is 256 g/mol. The molecule has 0 aliphatic heterocycles. The van der Waals surface area contributed by atoms with Crippen LogP contribution in [0.3, 0.4) is 0 Å². The maximum Gasteiger partial charge on any atom is 0.327 e. The van der Waals surface area contributed by atoms with Crippen LogP contribution in [0.5, 0.6) is 0 Å². The van der Waals surface area contributed by atoms with E-state index >= 15 is 0 Å². The van der Waals surface area contributed by atoms with Crippen molar-refractivity contribution in [1.82, 2.24) is 9.97 Å². The molecule has 4 N–H and O–H groups in total. The van der Waals surface area contributed by atoms with Crippen molar-refractivity contribution in [3.8, 4) is 6.07 Å². The highest BCUT2D eigenvalue weighted by atomic mass is 16.2. The third-order valence-corrected chi connectivity index (χ3v) is 2.19. The zero-order valence-electron chi connectivity index (χ0n) is 9.54. The van der Waals surface area contributed by atoms with Crippen LogP contribution in [-0.2, 0) is 0 Å². The minimum atomic E-state index is -0.735. The minimum absolute atomic E-state index is 0.172. The Kier molecular flexibility index (Phi) is 3.20. The van der Waals surface area contributed by atoms with Gasteiger partial charge in [0.25, 0.3) is 5.56 Å². The van der Waals surface area contributed by atoms with Gasteiger partial charge in [-0.15, -0.1) is 5.11 Å². The predicted molar refractivity (Wildman–Crippen MR) is 67.4 cm³/mol. The van der Waals surface area contributed by atoms with Crippen LogP contribution < -0.4 is 17.0 Å². The maximum absolute atomic E-state index is 11.4. The lowest BCUT2D eigenvalue weighted by molar-refractivity contribution is 1.03. The van der Waals surface area contributed by atoms with Crippen molar-refractivity contribution in [2.24, 2.45) is 10.2 Å². The first-order chi connectivity index (χ1) is 9.10. The van der Waals surface area contributed by atoms with Crippen LogP contribution >= 0.6 is 0 Å². The molecule has 0 spiro atoms. The number of hydrogen-bond acceptors (Lipinski definition) is 6. The molecule has 0 saturated heterocycles. The van der Waals surface area contributed by atoms with Gasteiger partial charge >= 0.3 is 5.69 Å². The van der Waals surface area contributed by atoms with Crippen LogP contribution in [0.1, 0.15) is 5.56 Å². The van der Waals surface area contributed by atoms with E-state index in [1.807, 2.05) is 11.1 Å². The van der Waals surface area contributed by atoms with E-state index in [1.54, 1.807) is 18.2 Å². The number of aromatic nitrogens is 2. The van der Waals surface area contributed by atoms with Crippen molar-refractivity contribution < 1.29 is 0 Å². The summed E-state index contributed by atoms with van der Waals surface area (Å²) < 4.78 is 0. The van der Waals surface area contributed by atoms with Gasteiger partial charge in [0.05, 0.1) is 17.3 Å². The number of H-pyrrole nitrogens is 2. The van der Waals surface area contributed by atoms with E-state index in [-0.39, 0.29) is 11.5 Å². The third-order valence-electron chi connectivity index (χ3n) is 2.19. The fraction of sp³-hybridized carbons (Fsp3) is 0. The van der Waals surface area contributed by atoms with Gasteiger partial charge in [0.1, 0.15) is 5.82 Å². The molecule has 8 nitrogen and oxygen atoms in total. The van der Waals surface area contributed by atoms with Crippen LogP contribution in [0.25, 0.3) is 0 Å². The van der Waals surface area contributed by atoms with Crippen molar-refractivity contribution in [3.05, 3.63) is 50.7 Å². The normalized spacial score (nSPS) is 10.5. The first kappa shape index (κ1) is 12.3. The first-order valence-electron chi connectivity index (χ1n) is 5.14. The van der Waals surface area contributed by atoms with Crippen molar-refractivity contribution in [2.45, 2.75) is 0 Å². The second kappa shape index (κ2) is 4.97. The van der Waals surface area contributed by atoms with Gasteiger partial charge in [0.2, 0.25) is 0 Å². The lowest BCUT2D eigenvalue weighted by atomic mass is 10.2. The van der Waals surface area contributed by atoms with Crippen LogP contribution in [-0.4, -0.2) is 9.97 Å². The quantitative estimate of drug-likeness (QED) is 0.687. The fourth-order valence-electron chi connectivity index (χ4n) is 1.34. The molecule has 1 aromatic heterocycles. The highest BCUT2D eigenvalue weighted by Crippen LogP contribution is 2.18. The van der Waals surface area contributed by atoms with Gasteiger partial charge in [-0.3, -0.25) is 14.8 Å². The highest BCUT2D eigenvalue weighted by molar-refractivity contribution is 5.55. The molecule has 0 bridgehead atoms. The lowest BCUT2D eigenvalue weighted by Crippen LogP contribution is -2.23. The molecule has 0 amide bonds. The Morgan fingerprint density at radius 2 is 2.00 bits per heavy atom. The smallest absolute Gasteiger partial charge is 0.327 e.